The van der Waals surface area contributed by atoms with E-state index in [2.05, 4.69) is 0 Å². The first-order valence-electron chi connectivity index (χ1n) is 9.94. The quantitative estimate of drug-likeness (QED) is 0.813. The van der Waals surface area contributed by atoms with Crippen molar-refractivity contribution in [3.63, 3.8) is 0 Å². The number of piperidine rings is 1. The molecule has 2 amide bonds. The fourth-order valence-electron chi connectivity index (χ4n) is 4.10. The Morgan fingerprint density at radius 1 is 0.889 bits per heavy atom. The summed E-state index contributed by atoms with van der Waals surface area (Å²) in [4.78, 5) is 29.7. The van der Waals surface area contributed by atoms with Gasteiger partial charge in [0.15, 0.2) is 11.5 Å². The second kappa shape index (κ2) is 9.11. The monoisotopic (exact) mass is 374 g/mol. The van der Waals surface area contributed by atoms with Gasteiger partial charge in [0, 0.05) is 32.1 Å². The Hall–Kier alpha value is -2.24. The molecule has 2 saturated heterocycles. The van der Waals surface area contributed by atoms with Crippen LogP contribution in [0.4, 0.5) is 0 Å². The van der Waals surface area contributed by atoms with Crippen molar-refractivity contribution in [2.75, 3.05) is 40.4 Å². The van der Waals surface area contributed by atoms with E-state index in [-0.39, 0.29) is 17.7 Å². The van der Waals surface area contributed by atoms with Gasteiger partial charge in [-0.15, -0.1) is 0 Å². The van der Waals surface area contributed by atoms with Gasteiger partial charge in [-0.1, -0.05) is 18.9 Å². The molecule has 0 unspecified atom stereocenters. The predicted molar refractivity (Wildman–Crippen MR) is 103 cm³/mol. The van der Waals surface area contributed by atoms with Crippen LogP contribution in [0.5, 0.6) is 11.5 Å². The van der Waals surface area contributed by atoms with Gasteiger partial charge in [-0.05, 0) is 37.8 Å². The molecule has 2 fully saturated rings. The first kappa shape index (κ1) is 19.5. The Kier molecular flexibility index (Phi) is 6.58. The Morgan fingerprint density at radius 2 is 1.56 bits per heavy atom. The zero-order chi connectivity index (χ0) is 19.2. The maximum absolute atomic E-state index is 13.0. The van der Waals surface area contributed by atoms with Crippen LogP contribution in [0, 0.1) is 5.92 Å². The molecule has 2 heterocycles. The Morgan fingerprint density at radius 3 is 2.15 bits per heavy atom. The molecule has 0 aromatic heterocycles. The molecule has 2 aliphatic heterocycles. The number of carbonyl (C=O) groups is 2. The number of likely N-dealkylation sites (tertiary alicyclic amines) is 2. The second-order valence-electron chi connectivity index (χ2n) is 7.35. The van der Waals surface area contributed by atoms with E-state index in [0.29, 0.717) is 30.2 Å². The van der Waals surface area contributed by atoms with Crippen molar-refractivity contribution in [3.05, 3.63) is 23.8 Å². The van der Waals surface area contributed by atoms with Crippen LogP contribution in [-0.4, -0.2) is 62.0 Å². The predicted octanol–water partition coefficient (Wildman–Crippen LogP) is 2.96. The molecule has 0 spiro atoms. The third-order valence-electron chi connectivity index (χ3n) is 5.68. The largest absolute Gasteiger partial charge is 0.493 e. The molecule has 6 heteroatoms. The van der Waals surface area contributed by atoms with Crippen LogP contribution in [0.25, 0.3) is 0 Å². The van der Waals surface area contributed by atoms with Crippen LogP contribution >= 0.6 is 0 Å². The lowest BCUT2D eigenvalue weighted by Gasteiger charge is -2.34. The van der Waals surface area contributed by atoms with Crippen molar-refractivity contribution in [1.29, 1.82) is 0 Å². The van der Waals surface area contributed by atoms with E-state index in [1.54, 1.807) is 32.4 Å². The maximum Gasteiger partial charge on any atom is 0.257 e. The number of hydrogen-bond donors (Lipinski definition) is 0. The highest BCUT2D eigenvalue weighted by Gasteiger charge is 2.31. The lowest BCUT2D eigenvalue weighted by molar-refractivity contribution is -0.136. The number of amides is 2. The lowest BCUT2D eigenvalue weighted by atomic mass is 9.94. The van der Waals surface area contributed by atoms with E-state index in [4.69, 9.17) is 9.47 Å². The molecule has 0 radical (unpaired) electrons. The number of methoxy groups -OCH3 is 2. The van der Waals surface area contributed by atoms with Gasteiger partial charge in [0.1, 0.15) is 0 Å². The fourth-order valence-corrected chi connectivity index (χ4v) is 4.10. The number of rotatable bonds is 4. The minimum Gasteiger partial charge on any atom is -0.493 e. The summed E-state index contributed by atoms with van der Waals surface area (Å²) in [6, 6.07) is 5.34. The number of para-hydroxylation sites is 1. The van der Waals surface area contributed by atoms with E-state index in [9.17, 15) is 9.59 Å². The first-order chi connectivity index (χ1) is 13.2. The van der Waals surface area contributed by atoms with Crippen molar-refractivity contribution >= 4 is 11.8 Å². The Bertz CT molecular complexity index is 660. The van der Waals surface area contributed by atoms with Gasteiger partial charge in [-0.25, -0.2) is 0 Å². The van der Waals surface area contributed by atoms with Crippen LogP contribution in [-0.2, 0) is 4.79 Å². The van der Waals surface area contributed by atoms with E-state index < -0.39 is 0 Å². The third kappa shape index (κ3) is 4.37. The highest BCUT2D eigenvalue weighted by atomic mass is 16.5. The number of benzene rings is 1. The summed E-state index contributed by atoms with van der Waals surface area (Å²) in [5, 5.41) is 0. The van der Waals surface area contributed by atoms with Crippen molar-refractivity contribution in [2.24, 2.45) is 5.92 Å². The van der Waals surface area contributed by atoms with Gasteiger partial charge in [0.2, 0.25) is 5.91 Å². The summed E-state index contributed by atoms with van der Waals surface area (Å²) in [6.45, 7) is 2.98. The number of carbonyl (C=O) groups excluding carboxylic acids is 2. The second-order valence-corrected chi connectivity index (χ2v) is 7.35. The Labute approximate surface area is 161 Å². The molecule has 1 aromatic rings. The summed E-state index contributed by atoms with van der Waals surface area (Å²) in [6.07, 6.45) is 6.12. The molecule has 6 nitrogen and oxygen atoms in total. The highest BCUT2D eigenvalue weighted by Crippen LogP contribution is 2.32. The van der Waals surface area contributed by atoms with Gasteiger partial charge in [-0.3, -0.25) is 9.59 Å². The molecule has 0 atom stereocenters. The maximum atomic E-state index is 13.0. The Balaban J connectivity index is 1.62. The topological polar surface area (TPSA) is 59.1 Å². The van der Waals surface area contributed by atoms with E-state index in [1.165, 1.54) is 12.8 Å². The van der Waals surface area contributed by atoms with Crippen molar-refractivity contribution in [3.8, 4) is 11.5 Å². The molecular weight excluding hydrogens is 344 g/mol. The van der Waals surface area contributed by atoms with Gasteiger partial charge in [0.25, 0.3) is 5.91 Å². The average Bonchev–Trinajstić information content (AvgIpc) is 3.01. The molecule has 3 rings (SSSR count). The van der Waals surface area contributed by atoms with Crippen molar-refractivity contribution in [2.45, 2.75) is 38.5 Å². The summed E-state index contributed by atoms with van der Waals surface area (Å²) < 4.78 is 10.7. The van der Waals surface area contributed by atoms with Gasteiger partial charge in [-0.2, -0.15) is 0 Å². The molecule has 0 aliphatic carbocycles. The zero-order valence-electron chi connectivity index (χ0n) is 16.4. The van der Waals surface area contributed by atoms with E-state index >= 15 is 0 Å². The molecule has 0 N–H and O–H groups in total. The van der Waals surface area contributed by atoms with Crippen LogP contribution in [0.15, 0.2) is 18.2 Å². The molecule has 2 aliphatic rings. The molecule has 148 valence electrons. The summed E-state index contributed by atoms with van der Waals surface area (Å²) in [7, 11) is 3.10. The van der Waals surface area contributed by atoms with Gasteiger partial charge in [0.05, 0.1) is 19.8 Å². The summed E-state index contributed by atoms with van der Waals surface area (Å²) >= 11 is 0. The smallest absolute Gasteiger partial charge is 0.257 e. The fraction of sp³-hybridized carbons (Fsp3) is 0.619. The first-order valence-corrected chi connectivity index (χ1v) is 9.94. The summed E-state index contributed by atoms with van der Waals surface area (Å²) in [5.74, 6) is 1.27. The normalized spacial score (nSPS) is 18.7. The third-order valence-corrected chi connectivity index (χ3v) is 5.68. The molecule has 0 saturated carbocycles. The minimum atomic E-state index is -0.0635. The van der Waals surface area contributed by atoms with Crippen LogP contribution in [0.1, 0.15) is 48.9 Å². The average molecular weight is 374 g/mol. The SMILES string of the molecule is COc1cccc(C(=O)N2CCC(C(=O)N3CCCCCC3)CC2)c1OC. The molecule has 1 aromatic carbocycles. The van der Waals surface area contributed by atoms with Crippen LogP contribution in [0.2, 0.25) is 0 Å². The molecular formula is C21H30N2O4. The highest BCUT2D eigenvalue weighted by molar-refractivity contribution is 5.98. The number of nitrogens with zero attached hydrogens (tertiary/aromatic N) is 2. The lowest BCUT2D eigenvalue weighted by Crippen LogP contribution is -2.44. The molecule has 27 heavy (non-hydrogen) atoms. The summed E-state index contributed by atoms with van der Waals surface area (Å²) in [5.41, 5.74) is 0.508. The standard InChI is InChI=1S/C21H30N2O4/c1-26-18-9-7-8-17(19(18)27-2)21(25)23-14-10-16(11-15-23)20(24)22-12-5-3-4-6-13-22/h7-9,16H,3-6,10-15H2,1-2H3. The van der Waals surface area contributed by atoms with E-state index in [1.807, 2.05) is 9.80 Å². The van der Waals surface area contributed by atoms with Gasteiger partial charge >= 0.3 is 0 Å². The van der Waals surface area contributed by atoms with Crippen LogP contribution < -0.4 is 9.47 Å². The minimum absolute atomic E-state index is 0.0411. The van der Waals surface area contributed by atoms with E-state index in [0.717, 1.165) is 38.8 Å². The van der Waals surface area contributed by atoms with Crippen molar-refractivity contribution in [1.82, 2.24) is 9.80 Å². The number of ether oxygens (including phenoxy) is 2. The number of hydrogen-bond acceptors (Lipinski definition) is 4. The van der Waals surface area contributed by atoms with Gasteiger partial charge < -0.3 is 19.3 Å². The molecule has 0 bridgehead atoms. The van der Waals surface area contributed by atoms with Crippen LogP contribution in [0.3, 0.4) is 0 Å². The van der Waals surface area contributed by atoms with Crippen molar-refractivity contribution < 1.29 is 19.1 Å². The zero-order valence-corrected chi connectivity index (χ0v) is 16.4.